The van der Waals surface area contributed by atoms with E-state index >= 15 is 0 Å². The molecule has 8 rings (SSSR count). The Bertz CT molecular complexity index is 1810. The number of likely N-dealkylation sites (tertiary alicyclic amines) is 2. The minimum absolute atomic E-state index is 0.177. The molecule has 0 atom stereocenters. The maximum Gasteiger partial charge on any atom is 0.0978 e. The van der Waals surface area contributed by atoms with E-state index in [4.69, 9.17) is 4.74 Å². The van der Waals surface area contributed by atoms with Crippen molar-refractivity contribution >= 4 is 17.0 Å². The number of allylic oxidation sites excluding steroid dienone is 1. The standard InChI is InChI=1S/C9H20N2.C9H19N.C8H17NO.C8H17N.C8H13N.C7H12N2.C7H11NS.C5H5N.C5H12/c1-9(2,3)11-7-5-10(4)6-8-11;1-9(2,3)10-7-5-4-6-8-10;1-8(2,3)9-4-6-10-7-5-9;1-8(2,3)9-6-4-5-7-9;1-8(2,3)7-5-4-6-9-7;1-7(2,3)9-5-4-8-6-9;1-7(2,3)6-8-4-5-9-6;1-2-4-6-5-3-1;1-5(2,3)4/h5-8H2,1-4H3;4-8H2,1-3H3;4-7H2,1-3H3;4-7H2,1-3H3;4,6H,5H2,1-3H3;4-6H,1-3H3;4-5H,1-3H3;1-5H;1-4H3. The van der Waals surface area contributed by atoms with E-state index in [2.05, 4.69) is 235 Å². The summed E-state index contributed by atoms with van der Waals surface area (Å²) in [5, 5.41) is 3.23. The summed E-state index contributed by atoms with van der Waals surface area (Å²) in [6, 6.07) is 5.72. The molecule has 0 unspecified atom stereocenters. The van der Waals surface area contributed by atoms with E-state index in [1.54, 1.807) is 29.9 Å². The van der Waals surface area contributed by atoms with Crippen LogP contribution in [0.15, 0.2) is 78.2 Å². The zero-order valence-electron chi connectivity index (χ0n) is 55.9. The van der Waals surface area contributed by atoms with Gasteiger partial charge in [0.05, 0.1) is 24.5 Å². The topological polar surface area (TPSA) is 81.4 Å². The zero-order valence-corrected chi connectivity index (χ0v) is 56.8. The number of piperidine rings is 1. The fourth-order valence-electron chi connectivity index (χ4n) is 8.09. The van der Waals surface area contributed by atoms with Crippen LogP contribution in [0.2, 0.25) is 0 Å². The Balaban J connectivity index is 0.000000861. The Morgan fingerprint density at radius 1 is 0.449 bits per heavy atom. The van der Waals surface area contributed by atoms with Gasteiger partial charge in [-0.25, -0.2) is 9.97 Å². The van der Waals surface area contributed by atoms with E-state index < -0.39 is 0 Å². The van der Waals surface area contributed by atoms with Crippen molar-refractivity contribution < 1.29 is 4.74 Å². The molecule has 0 amide bonds. The van der Waals surface area contributed by atoms with E-state index in [1.165, 1.54) is 95.2 Å². The normalized spacial score (nSPS) is 18.2. The molecule has 0 spiro atoms. The molecule has 12 heteroatoms. The van der Waals surface area contributed by atoms with Gasteiger partial charge in [0.1, 0.15) is 0 Å². The van der Waals surface area contributed by atoms with Gasteiger partial charge in [-0.15, -0.1) is 11.3 Å². The number of hydrogen-bond donors (Lipinski definition) is 0. The first kappa shape index (κ1) is 75.2. The molecule has 0 aromatic carbocycles. The van der Waals surface area contributed by atoms with Crippen LogP contribution in [-0.4, -0.2) is 158 Å². The van der Waals surface area contributed by atoms with E-state index in [0.29, 0.717) is 27.6 Å². The number of thiazole rings is 1. The molecule has 3 aromatic heterocycles. The van der Waals surface area contributed by atoms with Crippen LogP contribution in [0.4, 0.5) is 0 Å². The van der Waals surface area contributed by atoms with Crippen LogP contribution in [0.25, 0.3) is 0 Å². The lowest BCUT2D eigenvalue weighted by molar-refractivity contribution is -0.00389. The van der Waals surface area contributed by atoms with Gasteiger partial charge < -0.3 is 14.2 Å². The maximum atomic E-state index is 5.25. The van der Waals surface area contributed by atoms with Gasteiger partial charge in [-0.1, -0.05) is 87.8 Å². The van der Waals surface area contributed by atoms with Crippen molar-refractivity contribution in [3.63, 3.8) is 0 Å². The average Bonchev–Trinajstić information content (AvgIpc) is 4.19. The van der Waals surface area contributed by atoms with Crippen LogP contribution in [0, 0.1) is 10.8 Å². The lowest BCUT2D eigenvalue weighted by atomic mass is 9.89. The number of imidazole rings is 1. The van der Waals surface area contributed by atoms with Gasteiger partial charge in [-0.05, 0) is 180 Å². The first-order valence-electron chi connectivity index (χ1n) is 29.9. The largest absolute Gasteiger partial charge is 0.379 e. The molecule has 78 heavy (non-hydrogen) atoms. The molecule has 8 heterocycles. The van der Waals surface area contributed by atoms with Crippen LogP contribution in [0.1, 0.15) is 217 Å². The van der Waals surface area contributed by atoms with Crippen molar-refractivity contribution in [3.8, 4) is 0 Å². The van der Waals surface area contributed by atoms with Gasteiger partial charge in [0.15, 0.2) is 0 Å². The monoisotopic (exact) mass is 1110 g/mol. The van der Waals surface area contributed by atoms with Crippen LogP contribution < -0.4 is 0 Å². The highest BCUT2D eigenvalue weighted by Gasteiger charge is 2.26. The molecule has 5 aliphatic heterocycles. The molecule has 3 aromatic rings. The number of pyridine rings is 1. The fourth-order valence-corrected chi connectivity index (χ4v) is 8.81. The molecule has 452 valence electrons. The molecule has 11 nitrogen and oxygen atoms in total. The Morgan fingerprint density at radius 3 is 1.10 bits per heavy atom. The zero-order chi connectivity index (χ0) is 60.1. The summed E-state index contributed by atoms with van der Waals surface area (Å²) in [6.07, 6.45) is 23.0. The Hall–Kier alpha value is -2.84. The Labute approximate surface area is 487 Å². The number of aliphatic imine (C=N–C) groups is 1. The number of rotatable bonds is 0. The summed E-state index contributed by atoms with van der Waals surface area (Å²) >= 11 is 1.72. The number of nitrogens with zero attached hydrogens (tertiary/aromatic N) is 10. The van der Waals surface area contributed by atoms with E-state index in [0.717, 1.165) is 32.7 Å². The molecular formula is C66H126N10OS. The maximum absolute atomic E-state index is 5.25. The highest BCUT2D eigenvalue weighted by atomic mass is 32.1. The SMILES string of the molecule is CC(C)(C)C.CC(C)(C)C1=NC=CC1.CC(C)(C)N1CCCC1.CC(C)(C)N1CCCCC1.CC(C)(C)N1CCOCC1.CC(C)(C)c1nccs1.CC(C)(C)n1ccnc1.CN1CCN(C(C)(C)C)CC1.c1ccncc1. The Morgan fingerprint density at radius 2 is 0.872 bits per heavy atom. The number of morpholine rings is 1. The number of piperazine rings is 1. The van der Waals surface area contributed by atoms with Gasteiger partial charge in [0.25, 0.3) is 0 Å². The molecule has 5 aliphatic rings. The van der Waals surface area contributed by atoms with Crippen molar-refractivity contribution in [2.75, 3.05) is 85.7 Å². The summed E-state index contributed by atoms with van der Waals surface area (Å²) in [5.74, 6) is 0. The third kappa shape index (κ3) is 38.7. The summed E-state index contributed by atoms with van der Waals surface area (Å²) in [5.41, 5.74) is 3.97. The molecule has 4 saturated heterocycles. The molecular weight excluding hydrogens is 981 g/mol. The molecule has 4 fully saturated rings. The van der Waals surface area contributed by atoms with E-state index in [9.17, 15) is 0 Å². The van der Waals surface area contributed by atoms with Gasteiger partial charge in [0.2, 0.25) is 0 Å². The second-order valence-corrected chi connectivity index (χ2v) is 30.9. The number of aromatic nitrogens is 4. The minimum atomic E-state index is 0.177. The van der Waals surface area contributed by atoms with Crippen LogP contribution in [0.3, 0.4) is 0 Å². The molecule has 0 radical (unpaired) electrons. The minimum Gasteiger partial charge on any atom is -0.379 e. The van der Waals surface area contributed by atoms with Gasteiger partial charge in [-0.3, -0.25) is 29.6 Å². The van der Waals surface area contributed by atoms with Crippen LogP contribution in [0.5, 0.6) is 0 Å². The smallest absolute Gasteiger partial charge is 0.0978 e. The van der Waals surface area contributed by atoms with Crippen molar-refractivity contribution in [2.45, 2.75) is 245 Å². The molecule has 0 saturated carbocycles. The predicted molar refractivity (Wildman–Crippen MR) is 345 cm³/mol. The number of ether oxygens (including phenoxy) is 1. The lowest BCUT2D eigenvalue weighted by Gasteiger charge is -2.41. The fraction of sp³-hybridized carbons (Fsp3) is 0.788. The average molecular weight is 1110 g/mol. The first-order chi connectivity index (χ1) is 35.6. The molecule has 0 N–H and O–H groups in total. The van der Waals surface area contributed by atoms with Crippen LogP contribution >= 0.6 is 11.3 Å². The van der Waals surface area contributed by atoms with Gasteiger partial charge in [0, 0.05) is 132 Å². The summed E-state index contributed by atoms with van der Waals surface area (Å²) in [7, 11) is 2.19. The van der Waals surface area contributed by atoms with E-state index in [-0.39, 0.29) is 16.4 Å². The van der Waals surface area contributed by atoms with Crippen molar-refractivity contribution in [3.05, 3.63) is 78.2 Å². The van der Waals surface area contributed by atoms with Gasteiger partial charge >= 0.3 is 0 Å². The van der Waals surface area contributed by atoms with Crippen LogP contribution in [-0.2, 0) is 15.7 Å². The Kier molecular flexibility index (Phi) is 34.6. The third-order valence-corrected chi connectivity index (χ3v) is 14.4. The van der Waals surface area contributed by atoms with Crippen molar-refractivity contribution in [1.29, 1.82) is 0 Å². The number of hydrogen-bond acceptors (Lipinski definition) is 11. The first-order valence-corrected chi connectivity index (χ1v) is 30.7. The highest BCUT2D eigenvalue weighted by molar-refractivity contribution is 7.09. The summed E-state index contributed by atoms with van der Waals surface area (Å²) in [6.45, 7) is 69.8. The summed E-state index contributed by atoms with van der Waals surface area (Å²) < 4.78 is 7.33. The quantitative estimate of drug-likeness (QED) is 0.219. The summed E-state index contributed by atoms with van der Waals surface area (Å²) in [4.78, 5) is 28.7. The van der Waals surface area contributed by atoms with Crippen molar-refractivity contribution in [1.82, 2.24) is 44.0 Å². The van der Waals surface area contributed by atoms with Crippen molar-refractivity contribution in [2.24, 2.45) is 15.8 Å². The predicted octanol–water partition coefficient (Wildman–Crippen LogP) is 15.9. The molecule has 0 aliphatic carbocycles. The highest BCUT2D eigenvalue weighted by Crippen LogP contribution is 2.24. The van der Waals surface area contributed by atoms with E-state index in [1.807, 2.05) is 48.5 Å². The second kappa shape index (κ2) is 35.9. The van der Waals surface area contributed by atoms with Gasteiger partial charge in [-0.2, -0.15) is 0 Å². The number of likely N-dealkylation sites (N-methyl/N-ethyl adjacent to an activating group) is 1. The lowest BCUT2D eigenvalue weighted by Crippen LogP contribution is -2.52. The second-order valence-electron chi connectivity index (χ2n) is 30.0. The molecule has 0 bridgehead atoms. The third-order valence-electron chi connectivity index (χ3n) is 13.2.